The van der Waals surface area contributed by atoms with Crippen LogP contribution in [-0.4, -0.2) is 31.7 Å². The standard InChI is InChI=1S/C30H38ClFN2O2S2/c1-18(2)22-15-25(19(3)4)29(26(16-22)20(5)6)38(35,36)24-9-11-34(12-10-24)30-33-23(17-37-30)13-21-7-8-28(32)27(31)14-21/h7-8,14-20,24H,9-13H2,1-6H3. The van der Waals surface area contributed by atoms with E-state index < -0.39 is 20.9 Å². The molecule has 4 nitrogen and oxygen atoms in total. The van der Waals surface area contributed by atoms with Crippen molar-refractivity contribution in [3.05, 3.63) is 74.5 Å². The molecule has 1 aromatic heterocycles. The zero-order valence-electron chi connectivity index (χ0n) is 23.1. The van der Waals surface area contributed by atoms with Gasteiger partial charge < -0.3 is 4.90 Å². The Morgan fingerprint density at radius 3 is 2.13 bits per heavy atom. The molecule has 0 radical (unpaired) electrons. The van der Waals surface area contributed by atoms with E-state index >= 15 is 0 Å². The maximum Gasteiger partial charge on any atom is 0.185 e. The minimum Gasteiger partial charge on any atom is -0.348 e. The molecule has 3 aromatic rings. The molecule has 0 unspecified atom stereocenters. The Hall–Kier alpha value is -1.96. The summed E-state index contributed by atoms with van der Waals surface area (Å²) in [5.74, 6) is 0.166. The topological polar surface area (TPSA) is 50.3 Å². The van der Waals surface area contributed by atoms with Gasteiger partial charge in [0.15, 0.2) is 15.0 Å². The van der Waals surface area contributed by atoms with Crippen LogP contribution in [0, 0.1) is 5.82 Å². The summed E-state index contributed by atoms with van der Waals surface area (Å²) in [6.45, 7) is 14.0. The normalized spacial score (nSPS) is 15.3. The summed E-state index contributed by atoms with van der Waals surface area (Å²) in [6.07, 6.45) is 1.72. The lowest BCUT2D eigenvalue weighted by Crippen LogP contribution is -2.40. The van der Waals surface area contributed by atoms with Crippen molar-refractivity contribution in [2.24, 2.45) is 0 Å². The van der Waals surface area contributed by atoms with Gasteiger partial charge in [-0.2, -0.15) is 0 Å². The molecule has 2 heterocycles. The number of nitrogens with zero attached hydrogens (tertiary/aromatic N) is 2. The zero-order chi connectivity index (χ0) is 27.8. The average molecular weight is 577 g/mol. The predicted molar refractivity (Wildman–Crippen MR) is 157 cm³/mol. The second kappa shape index (κ2) is 11.6. The Labute approximate surface area is 236 Å². The first-order valence-electron chi connectivity index (χ1n) is 13.4. The molecule has 0 N–H and O–H groups in total. The molecule has 206 valence electrons. The van der Waals surface area contributed by atoms with Crippen LogP contribution in [0.25, 0.3) is 0 Å². The number of thiazole rings is 1. The third-order valence-electron chi connectivity index (χ3n) is 7.42. The summed E-state index contributed by atoms with van der Waals surface area (Å²) in [7, 11) is -3.49. The van der Waals surface area contributed by atoms with Gasteiger partial charge in [0.25, 0.3) is 0 Å². The van der Waals surface area contributed by atoms with Crippen molar-refractivity contribution < 1.29 is 12.8 Å². The van der Waals surface area contributed by atoms with Gasteiger partial charge in [-0.1, -0.05) is 71.3 Å². The number of hydrogen-bond acceptors (Lipinski definition) is 5. The van der Waals surface area contributed by atoms with E-state index in [1.54, 1.807) is 23.5 Å². The minimum atomic E-state index is -3.49. The first-order chi connectivity index (χ1) is 17.9. The van der Waals surface area contributed by atoms with Crippen molar-refractivity contribution in [1.29, 1.82) is 0 Å². The number of piperidine rings is 1. The van der Waals surface area contributed by atoms with Gasteiger partial charge in [0.2, 0.25) is 0 Å². The van der Waals surface area contributed by atoms with E-state index in [4.69, 9.17) is 16.6 Å². The lowest BCUT2D eigenvalue weighted by molar-refractivity contribution is 0.526. The zero-order valence-corrected chi connectivity index (χ0v) is 25.5. The molecule has 0 amide bonds. The van der Waals surface area contributed by atoms with Crippen LogP contribution >= 0.6 is 22.9 Å². The molecular weight excluding hydrogens is 539 g/mol. The van der Waals surface area contributed by atoms with Crippen molar-refractivity contribution in [2.45, 2.75) is 88.7 Å². The highest BCUT2D eigenvalue weighted by molar-refractivity contribution is 7.92. The van der Waals surface area contributed by atoms with E-state index in [2.05, 4.69) is 58.6 Å². The number of rotatable bonds is 8. The highest BCUT2D eigenvalue weighted by Crippen LogP contribution is 2.39. The van der Waals surface area contributed by atoms with Crippen molar-refractivity contribution in [3.63, 3.8) is 0 Å². The van der Waals surface area contributed by atoms with Crippen LogP contribution in [0.2, 0.25) is 5.02 Å². The van der Waals surface area contributed by atoms with E-state index in [0.29, 0.717) is 43.2 Å². The summed E-state index contributed by atoms with van der Waals surface area (Å²) in [4.78, 5) is 7.54. The van der Waals surface area contributed by atoms with Crippen LogP contribution in [0.5, 0.6) is 0 Å². The van der Waals surface area contributed by atoms with Crippen molar-refractivity contribution in [2.75, 3.05) is 18.0 Å². The first kappa shape index (κ1) is 29.0. The van der Waals surface area contributed by atoms with Crippen LogP contribution in [0.15, 0.2) is 40.6 Å². The SMILES string of the molecule is CC(C)c1cc(C(C)C)c(S(=O)(=O)C2CCN(c3nc(Cc4ccc(F)c(Cl)c4)cs3)CC2)c(C(C)C)c1. The summed E-state index contributed by atoms with van der Waals surface area (Å²) in [6, 6.07) is 8.98. The van der Waals surface area contributed by atoms with E-state index in [1.807, 2.05) is 5.38 Å². The average Bonchev–Trinajstić information content (AvgIpc) is 3.33. The Morgan fingerprint density at radius 2 is 1.61 bits per heavy atom. The Balaban J connectivity index is 1.53. The molecule has 0 saturated carbocycles. The lowest BCUT2D eigenvalue weighted by Gasteiger charge is -2.33. The second-order valence-electron chi connectivity index (χ2n) is 11.3. The Kier molecular flexibility index (Phi) is 8.90. The third-order valence-corrected chi connectivity index (χ3v) is 11.1. The molecule has 1 aliphatic rings. The number of benzene rings is 2. The molecule has 4 rings (SSSR count). The van der Waals surface area contributed by atoms with E-state index in [0.717, 1.165) is 27.5 Å². The van der Waals surface area contributed by atoms with Gasteiger partial charge in [-0.05, 0) is 65.0 Å². The quantitative estimate of drug-likeness (QED) is 0.270. The van der Waals surface area contributed by atoms with Crippen LogP contribution in [0.1, 0.15) is 100 Å². The molecule has 38 heavy (non-hydrogen) atoms. The van der Waals surface area contributed by atoms with E-state index in [9.17, 15) is 12.8 Å². The molecule has 0 bridgehead atoms. The molecule has 0 atom stereocenters. The summed E-state index contributed by atoms with van der Waals surface area (Å²) in [5.41, 5.74) is 4.91. The van der Waals surface area contributed by atoms with Crippen LogP contribution in [0.4, 0.5) is 9.52 Å². The van der Waals surface area contributed by atoms with Crippen LogP contribution in [0.3, 0.4) is 0 Å². The molecule has 1 saturated heterocycles. The number of aromatic nitrogens is 1. The van der Waals surface area contributed by atoms with Crippen LogP contribution in [-0.2, 0) is 16.3 Å². The molecule has 0 spiro atoms. The van der Waals surface area contributed by atoms with E-state index in [1.165, 1.54) is 11.6 Å². The van der Waals surface area contributed by atoms with Crippen molar-refractivity contribution in [3.8, 4) is 0 Å². The van der Waals surface area contributed by atoms with E-state index in [-0.39, 0.29) is 16.9 Å². The highest BCUT2D eigenvalue weighted by atomic mass is 35.5. The molecule has 2 aromatic carbocycles. The fourth-order valence-corrected chi connectivity index (χ4v) is 8.62. The van der Waals surface area contributed by atoms with Gasteiger partial charge in [-0.15, -0.1) is 11.3 Å². The van der Waals surface area contributed by atoms with Gasteiger partial charge in [0, 0.05) is 24.9 Å². The monoisotopic (exact) mass is 576 g/mol. The number of hydrogen-bond donors (Lipinski definition) is 0. The number of sulfone groups is 1. The van der Waals surface area contributed by atoms with Crippen molar-refractivity contribution in [1.82, 2.24) is 4.98 Å². The minimum absolute atomic E-state index is 0.112. The van der Waals surface area contributed by atoms with Gasteiger partial charge in [-0.25, -0.2) is 17.8 Å². The number of anilines is 1. The largest absolute Gasteiger partial charge is 0.348 e. The Bertz CT molecular complexity index is 1360. The summed E-state index contributed by atoms with van der Waals surface area (Å²) in [5, 5.41) is 2.62. The fourth-order valence-electron chi connectivity index (χ4n) is 5.12. The summed E-state index contributed by atoms with van der Waals surface area (Å²) >= 11 is 7.49. The first-order valence-corrected chi connectivity index (χ1v) is 16.2. The smallest absolute Gasteiger partial charge is 0.185 e. The second-order valence-corrected chi connectivity index (χ2v) is 14.7. The van der Waals surface area contributed by atoms with Crippen molar-refractivity contribution >= 4 is 37.9 Å². The molecule has 0 aliphatic carbocycles. The van der Waals surface area contributed by atoms with Crippen LogP contribution < -0.4 is 4.90 Å². The fraction of sp³-hybridized carbons (Fsp3) is 0.500. The molecule has 8 heteroatoms. The highest BCUT2D eigenvalue weighted by Gasteiger charge is 2.36. The third kappa shape index (κ3) is 6.10. The number of halogens is 2. The Morgan fingerprint density at radius 1 is 1.00 bits per heavy atom. The molecular formula is C30H38ClFN2O2S2. The maximum atomic E-state index is 14.2. The predicted octanol–water partition coefficient (Wildman–Crippen LogP) is 8.34. The molecule has 1 aliphatic heterocycles. The van der Waals surface area contributed by atoms with Gasteiger partial charge in [-0.3, -0.25) is 0 Å². The summed E-state index contributed by atoms with van der Waals surface area (Å²) < 4.78 is 41.8. The van der Waals surface area contributed by atoms with Gasteiger partial charge in [0.05, 0.1) is 20.9 Å². The maximum absolute atomic E-state index is 14.2. The van der Waals surface area contributed by atoms with Gasteiger partial charge in [0.1, 0.15) is 5.82 Å². The van der Waals surface area contributed by atoms with Gasteiger partial charge >= 0.3 is 0 Å². The molecule has 1 fully saturated rings. The lowest BCUT2D eigenvalue weighted by atomic mass is 9.89.